The summed E-state index contributed by atoms with van der Waals surface area (Å²) in [7, 11) is 0. The van der Waals surface area contributed by atoms with Gasteiger partial charge in [0.1, 0.15) is 17.4 Å². The van der Waals surface area contributed by atoms with Crippen LogP contribution in [0.25, 0.3) is 6.08 Å². The lowest BCUT2D eigenvalue weighted by molar-refractivity contribution is -0.112. The molecule has 122 valence electrons. The third-order valence-electron chi connectivity index (χ3n) is 2.96. The molecule has 24 heavy (non-hydrogen) atoms. The Kier molecular flexibility index (Phi) is 6.42. The summed E-state index contributed by atoms with van der Waals surface area (Å²) < 4.78 is 6.25. The molecule has 0 aromatic heterocycles. The summed E-state index contributed by atoms with van der Waals surface area (Å²) in [5, 5.41) is 12.4. The first-order valence-corrected chi connectivity index (χ1v) is 8.31. The molecule has 0 bridgehead atoms. The number of nitriles is 1. The average Bonchev–Trinajstić information content (AvgIpc) is 2.52. The molecule has 0 aliphatic rings. The molecule has 2 aromatic carbocycles. The van der Waals surface area contributed by atoms with E-state index < -0.39 is 5.91 Å². The Labute approximate surface area is 153 Å². The van der Waals surface area contributed by atoms with E-state index in [0.717, 1.165) is 4.47 Å². The second-order valence-corrected chi connectivity index (χ2v) is 6.14. The van der Waals surface area contributed by atoms with Gasteiger partial charge in [0.25, 0.3) is 5.91 Å². The van der Waals surface area contributed by atoms with Crippen molar-refractivity contribution in [3.63, 3.8) is 0 Å². The zero-order valence-electron chi connectivity index (χ0n) is 12.8. The Morgan fingerprint density at radius 2 is 2.17 bits per heavy atom. The van der Waals surface area contributed by atoms with E-state index in [-0.39, 0.29) is 5.57 Å². The number of carbonyl (C=O) groups excluding carboxylic acids is 1. The van der Waals surface area contributed by atoms with E-state index in [1.807, 2.05) is 19.1 Å². The quantitative estimate of drug-likeness (QED) is 0.559. The smallest absolute Gasteiger partial charge is 0.266 e. The normalized spacial score (nSPS) is 10.8. The molecule has 0 unspecified atom stereocenters. The van der Waals surface area contributed by atoms with Crippen LogP contribution in [0.1, 0.15) is 12.5 Å². The Hall–Kier alpha value is -2.29. The van der Waals surface area contributed by atoms with Gasteiger partial charge in [0.15, 0.2) is 0 Å². The molecule has 0 saturated carbocycles. The van der Waals surface area contributed by atoms with Crippen molar-refractivity contribution >= 4 is 45.2 Å². The number of amides is 1. The van der Waals surface area contributed by atoms with Crippen LogP contribution >= 0.6 is 27.5 Å². The minimum Gasteiger partial charge on any atom is -0.494 e. The molecule has 0 atom stereocenters. The molecule has 0 fully saturated rings. The highest BCUT2D eigenvalue weighted by molar-refractivity contribution is 9.10. The van der Waals surface area contributed by atoms with Crippen LogP contribution in [0.2, 0.25) is 5.02 Å². The van der Waals surface area contributed by atoms with Crippen LogP contribution in [0, 0.1) is 11.3 Å². The number of anilines is 1. The van der Waals surface area contributed by atoms with E-state index in [9.17, 15) is 10.1 Å². The second kappa shape index (κ2) is 8.53. The van der Waals surface area contributed by atoms with E-state index in [2.05, 4.69) is 21.2 Å². The van der Waals surface area contributed by atoms with Gasteiger partial charge >= 0.3 is 0 Å². The number of hydrogen-bond donors (Lipinski definition) is 1. The molecule has 0 heterocycles. The first kappa shape index (κ1) is 18.1. The molecule has 1 N–H and O–H groups in total. The number of halogens is 2. The van der Waals surface area contributed by atoms with E-state index in [0.29, 0.717) is 28.6 Å². The summed E-state index contributed by atoms with van der Waals surface area (Å²) >= 11 is 9.27. The van der Waals surface area contributed by atoms with Gasteiger partial charge < -0.3 is 10.1 Å². The van der Waals surface area contributed by atoms with Crippen molar-refractivity contribution in [3.05, 3.63) is 63.1 Å². The standard InChI is InChI=1S/C18H14BrClN2O2/c1-2-24-17-8-12(7-14(19)9-17)6-13(11-21)18(23)22-16-5-3-4-15(20)10-16/h3-10H,2H2,1H3,(H,22,23)/b13-6+. The number of nitrogens with one attached hydrogen (secondary N) is 1. The van der Waals surface area contributed by atoms with E-state index in [1.54, 1.807) is 36.4 Å². The summed E-state index contributed by atoms with van der Waals surface area (Å²) in [4.78, 5) is 12.3. The predicted octanol–water partition coefficient (Wildman–Crippen LogP) is 5.05. The average molecular weight is 406 g/mol. The Balaban J connectivity index is 2.25. The van der Waals surface area contributed by atoms with Gasteiger partial charge in [-0.05, 0) is 55.0 Å². The number of rotatable bonds is 5. The first-order valence-electron chi connectivity index (χ1n) is 7.14. The maximum Gasteiger partial charge on any atom is 0.266 e. The Morgan fingerprint density at radius 3 is 2.83 bits per heavy atom. The Bertz CT molecular complexity index is 828. The topological polar surface area (TPSA) is 62.1 Å². The number of ether oxygens (including phenoxy) is 1. The summed E-state index contributed by atoms with van der Waals surface area (Å²) in [5.41, 5.74) is 1.19. The van der Waals surface area contributed by atoms with Gasteiger partial charge in [-0.2, -0.15) is 5.26 Å². The summed E-state index contributed by atoms with van der Waals surface area (Å²) in [6.07, 6.45) is 1.51. The van der Waals surface area contributed by atoms with Crippen molar-refractivity contribution in [1.82, 2.24) is 0 Å². The molecule has 6 heteroatoms. The molecular formula is C18H14BrClN2O2. The van der Waals surface area contributed by atoms with Crippen LogP contribution in [0.15, 0.2) is 52.5 Å². The zero-order chi connectivity index (χ0) is 17.5. The maximum absolute atomic E-state index is 12.3. The Morgan fingerprint density at radius 1 is 1.38 bits per heavy atom. The van der Waals surface area contributed by atoms with E-state index in [1.165, 1.54) is 6.08 Å². The van der Waals surface area contributed by atoms with E-state index in [4.69, 9.17) is 16.3 Å². The minimum atomic E-state index is -0.502. The third-order valence-corrected chi connectivity index (χ3v) is 3.66. The van der Waals surface area contributed by atoms with E-state index >= 15 is 0 Å². The van der Waals surface area contributed by atoms with Gasteiger partial charge in [0.05, 0.1) is 6.61 Å². The number of carbonyl (C=O) groups is 1. The lowest BCUT2D eigenvalue weighted by Gasteiger charge is -2.07. The molecule has 0 saturated heterocycles. The van der Waals surface area contributed by atoms with Crippen molar-refractivity contribution in [2.45, 2.75) is 6.92 Å². The van der Waals surface area contributed by atoms with Gasteiger partial charge in [0.2, 0.25) is 0 Å². The van der Waals surface area contributed by atoms with Crippen molar-refractivity contribution in [2.24, 2.45) is 0 Å². The van der Waals surface area contributed by atoms with Gasteiger partial charge in [-0.1, -0.05) is 33.6 Å². The maximum atomic E-state index is 12.3. The monoisotopic (exact) mass is 404 g/mol. The van der Waals surface area contributed by atoms with Gasteiger partial charge in [-0.3, -0.25) is 4.79 Å². The fourth-order valence-electron chi connectivity index (χ4n) is 2.00. The molecule has 2 rings (SSSR count). The molecule has 0 radical (unpaired) electrons. The highest BCUT2D eigenvalue weighted by Gasteiger charge is 2.10. The molecular weight excluding hydrogens is 392 g/mol. The van der Waals surface area contributed by atoms with Crippen LogP contribution in [-0.2, 0) is 4.79 Å². The van der Waals surface area contributed by atoms with Crippen LogP contribution < -0.4 is 10.1 Å². The molecule has 0 aliphatic carbocycles. The van der Waals surface area contributed by atoms with Crippen molar-refractivity contribution in [1.29, 1.82) is 5.26 Å². The largest absolute Gasteiger partial charge is 0.494 e. The number of hydrogen-bond acceptors (Lipinski definition) is 3. The summed E-state index contributed by atoms with van der Waals surface area (Å²) in [6.45, 7) is 2.41. The molecule has 0 spiro atoms. The SMILES string of the molecule is CCOc1cc(Br)cc(/C=C(\C#N)C(=O)Nc2cccc(Cl)c2)c1. The van der Waals surface area contributed by atoms with Gasteiger partial charge in [-0.25, -0.2) is 0 Å². The van der Waals surface area contributed by atoms with Crippen LogP contribution in [-0.4, -0.2) is 12.5 Å². The molecule has 0 aliphatic heterocycles. The lowest BCUT2D eigenvalue weighted by atomic mass is 10.1. The van der Waals surface area contributed by atoms with Crippen molar-refractivity contribution in [3.8, 4) is 11.8 Å². The fourth-order valence-corrected chi connectivity index (χ4v) is 2.68. The van der Waals surface area contributed by atoms with Crippen LogP contribution in [0.4, 0.5) is 5.69 Å². The molecule has 1 amide bonds. The highest BCUT2D eigenvalue weighted by Crippen LogP contribution is 2.23. The number of benzene rings is 2. The van der Waals surface area contributed by atoms with Crippen molar-refractivity contribution < 1.29 is 9.53 Å². The van der Waals surface area contributed by atoms with Crippen LogP contribution in [0.5, 0.6) is 5.75 Å². The number of nitrogens with zero attached hydrogens (tertiary/aromatic N) is 1. The van der Waals surface area contributed by atoms with Crippen LogP contribution in [0.3, 0.4) is 0 Å². The lowest BCUT2D eigenvalue weighted by Crippen LogP contribution is -2.13. The molecule has 2 aromatic rings. The molecule has 4 nitrogen and oxygen atoms in total. The van der Waals surface area contributed by atoms with Gasteiger partial charge in [0, 0.05) is 15.2 Å². The first-order chi connectivity index (χ1) is 11.5. The zero-order valence-corrected chi connectivity index (χ0v) is 15.2. The van der Waals surface area contributed by atoms with Crippen molar-refractivity contribution in [2.75, 3.05) is 11.9 Å². The minimum absolute atomic E-state index is 0.0180. The summed E-state index contributed by atoms with van der Waals surface area (Å²) in [6, 6.07) is 14.0. The predicted molar refractivity (Wildman–Crippen MR) is 99.0 cm³/mol. The fraction of sp³-hybridized carbons (Fsp3) is 0.111. The highest BCUT2D eigenvalue weighted by atomic mass is 79.9. The van der Waals surface area contributed by atoms with Gasteiger partial charge in [-0.15, -0.1) is 0 Å². The summed E-state index contributed by atoms with van der Waals surface area (Å²) in [5.74, 6) is 0.156. The second-order valence-electron chi connectivity index (χ2n) is 4.79. The third kappa shape index (κ3) is 5.12.